The van der Waals surface area contributed by atoms with Crippen molar-refractivity contribution in [2.24, 2.45) is 0 Å². The summed E-state index contributed by atoms with van der Waals surface area (Å²) in [4.78, 5) is 0. The predicted molar refractivity (Wildman–Crippen MR) is 67.5 cm³/mol. The van der Waals surface area contributed by atoms with Crippen molar-refractivity contribution >= 4 is 26.1 Å². The van der Waals surface area contributed by atoms with E-state index in [1.54, 1.807) is 7.05 Å². The molecule has 92 valence electrons. The van der Waals surface area contributed by atoms with E-state index in [9.17, 15) is 8.42 Å². The summed E-state index contributed by atoms with van der Waals surface area (Å²) in [7, 11) is -1.71. The van der Waals surface area contributed by atoms with Gasteiger partial charge in [-0.2, -0.15) is 17.0 Å². The van der Waals surface area contributed by atoms with Crippen LogP contribution in [-0.4, -0.2) is 48.0 Å². The Balaban J connectivity index is 4.95. The number of rotatable bonds is 6. The summed E-state index contributed by atoms with van der Waals surface area (Å²) >= 11 is 3.27. The summed E-state index contributed by atoms with van der Waals surface area (Å²) in [5.74, 6) is 0. The molecule has 6 heteroatoms. The maximum Gasteiger partial charge on any atom is 0.282 e. The normalized spacial score (nSPS) is 13.5. The molecule has 0 saturated carbocycles. The number of hydrogen-bond acceptors (Lipinski definition) is 2. The van der Waals surface area contributed by atoms with Crippen LogP contribution in [0.3, 0.4) is 0 Å². The van der Waals surface area contributed by atoms with Crippen molar-refractivity contribution in [1.82, 2.24) is 8.61 Å². The molecule has 0 aliphatic carbocycles. The van der Waals surface area contributed by atoms with Crippen LogP contribution in [0.25, 0.3) is 0 Å². The molecule has 0 bridgehead atoms. The summed E-state index contributed by atoms with van der Waals surface area (Å²) in [6.07, 6.45) is 0. The Hall–Kier alpha value is 0.350. The van der Waals surface area contributed by atoms with Crippen LogP contribution in [0, 0.1) is 0 Å². The van der Waals surface area contributed by atoms with Crippen LogP contribution in [0.4, 0.5) is 0 Å². The topological polar surface area (TPSA) is 40.6 Å². The largest absolute Gasteiger partial charge is 0.282 e. The van der Waals surface area contributed by atoms with Crippen molar-refractivity contribution < 1.29 is 8.42 Å². The van der Waals surface area contributed by atoms with Gasteiger partial charge in [-0.25, -0.2) is 0 Å². The molecule has 0 N–H and O–H groups in total. The van der Waals surface area contributed by atoms with E-state index in [1.807, 2.05) is 27.7 Å². The van der Waals surface area contributed by atoms with Gasteiger partial charge in [-0.05, 0) is 27.7 Å². The summed E-state index contributed by atoms with van der Waals surface area (Å²) in [6, 6.07) is -0.0414. The smallest absolute Gasteiger partial charge is 0.195 e. The van der Waals surface area contributed by atoms with Gasteiger partial charge in [-0.3, -0.25) is 0 Å². The molecule has 0 radical (unpaired) electrons. The standard InChI is InChI=1S/C9H21BrN2O2S/c1-8(2)11(5)15(13,14)12(7-6-10)9(3)4/h8-9H,6-7H2,1-5H3. The SMILES string of the molecule is CC(C)N(C)S(=O)(=O)N(CCBr)C(C)C. The fraction of sp³-hybridized carbons (Fsp3) is 1.00. The maximum absolute atomic E-state index is 12.1. The number of halogens is 1. The lowest BCUT2D eigenvalue weighted by molar-refractivity contribution is 0.313. The third-order valence-electron chi connectivity index (χ3n) is 2.27. The zero-order valence-electron chi connectivity index (χ0n) is 10.1. The van der Waals surface area contributed by atoms with Gasteiger partial charge in [0, 0.05) is 31.0 Å². The number of alkyl halides is 1. The monoisotopic (exact) mass is 300 g/mol. The average molecular weight is 301 g/mol. The van der Waals surface area contributed by atoms with Gasteiger partial charge in [-0.15, -0.1) is 0 Å². The fourth-order valence-electron chi connectivity index (χ4n) is 1.16. The van der Waals surface area contributed by atoms with E-state index in [2.05, 4.69) is 15.9 Å². The minimum Gasteiger partial charge on any atom is -0.195 e. The van der Waals surface area contributed by atoms with Crippen molar-refractivity contribution in [2.75, 3.05) is 18.9 Å². The zero-order chi connectivity index (χ0) is 12.2. The second-order valence-electron chi connectivity index (χ2n) is 4.01. The zero-order valence-corrected chi connectivity index (χ0v) is 12.5. The molecule has 0 rings (SSSR count). The Bertz CT molecular complexity index is 278. The van der Waals surface area contributed by atoms with E-state index >= 15 is 0 Å². The van der Waals surface area contributed by atoms with Crippen LogP contribution >= 0.6 is 15.9 Å². The molecule has 0 aromatic heterocycles. The quantitative estimate of drug-likeness (QED) is 0.700. The fourth-order valence-corrected chi connectivity index (χ4v) is 3.49. The highest BCUT2D eigenvalue weighted by atomic mass is 79.9. The van der Waals surface area contributed by atoms with Crippen LogP contribution in [0.15, 0.2) is 0 Å². The lowest BCUT2D eigenvalue weighted by Gasteiger charge is -2.31. The van der Waals surface area contributed by atoms with E-state index in [-0.39, 0.29) is 12.1 Å². The van der Waals surface area contributed by atoms with Crippen LogP contribution < -0.4 is 0 Å². The second-order valence-corrected chi connectivity index (χ2v) is 6.74. The van der Waals surface area contributed by atoms with Gasteiger partial charge in [0.2, 0.25) is 0 Å². The van der Waals surface area contributed by atoms with E-state index in [0.29, 0.717) is 11.9 Å². The van der Waals surface area contributed by atoms with Gasteiger partial charge in [-0.1, -0.05) is 15.9 Å². The van der Waals surface area contributed by atoms with Crippen LogP contribution in [0.5, 0.6) is 0 Å². The van der Waals surface area contributed by atoms with Crippen molar-refractivity contribution in [3.8, 4) is 0 Å². The summed E-state index contributed by atoms with van der Waals surface area (Å²) in [5, 5.41) is 0.649. The highest BCUT2D eigenvalue weighted by molar-refractivity contribution is 9.09. The molecule has 0 aromatic rings. The third-order valence-corrected chi connectivity index (χ3v) is 4.97. The molecular formula is C9H21BrN2O2S. The maximum atomic E-state index is 12.1. The molecule has 4 nitrogen and oxygen atoms in total. The molecule has 0 spiro atoms. The van der Waals surface area contributed by atoms with E-state index in [0.717, 1.165) is 0 Å². The Kier molecular flexibility index (Phi) is 6.32. The van der Waals surface area contributed by atoms with Crippen LogP contribution in [0.1, 0.15) is 27.7 Å². The Morgan fingerprint density at radius 2 is 1.60 bits per heavy atom. The van der Waals surface area contributed by atoms with Crippen molar-refractivity contribution in [1.29, 1.82) is 0 Å². The van der Waals surface area contributed by atoms with E-state index < -0.39 is 10.2 Å². The molecule has 0 aliphatic heterocycles. The Morgan fingerprint density at radius 1 is 1.13 bits per heavy atom. The first-order valence-electron chi connectivity index (χ1n) is 5.05. The lowest BCUT2D eigenvalue weighted by atomic mass is 10.4. The van der Waals surface area contributed by atoms with E-state index in [1.165, 1.54) is 8.61 Å². The lowest BCUT2D eigenvalue weighted by Crippen LogP contribution is -2.48. The first kappa shape index (κ1) is 15.3. The molecule has 0 amide bonds. The molecule has 0 fully saturated rings. The Morgan fingerprint density at radius 3 is 1.87 bits per heavy atom. The Labute approximate surface area is 102 Å². The molecule has 0 aromatic carbocycles. The van der Waals surface area contributed by atoms with Crippen LogP contribution in [-0.2, 0) is 10.2 Å². The third kappa shape index (κ3) is 4.01. The van der Waals surface area contributed by atoms with E-state index in [4.69, 9.17) is 0 Å². The van der Waals surface area contributed by atoms with Crippen LogP contribution in [0.2, 0.25) is 0 Å². The molecular weight excluding hydrogens is 280 g/mol. The summed E-state index contributed by atoms with van der Waals surface area (Å²) < 4.78 is 27.2. The molecule has 0 unspecified atom stereocenters. The summed E-state index contributed by atoms with van der Waals surface area (Å²) in [6.45, 7) is 7.99. The van der Waals surface area contributed by atoms with Gasteiger partial charge in [0.25, 0.3) is 10.2 Å². The molecule has 15 heavy (non-hydrogen) atoms. The first-order chi connectivity index (χ1) is 6.75. The van der Waals surface area contributed by atoms with Crippen molar-refractivity contribution in [2.45, 2.75) is 39.8 Å². The molecule has 0 atom stereocenters. The van der Waals surface area contributed by atoms with Crippen molar-refractivity contribution in [3.05, 3.63) is 0 Å². The average Bonchev–Trinajstić information content (AvgIpc) is 2.11. The van der Waals surface area contributed by atoms with Gasteiger partial charge in [0.15, 0.2) is 0 Å². The van der Waals surface area contributed by atoms with Gasteiger partial charge in [0.05, 0.1) is 0 Å². The molecule has 0 saturated heterocycles. The summed E-state index contributed by atoms with van der Waals surface area (Å²) in [5.41, 5.74) is 0. The number of hydrogen-bond donors (Lipinski definition) is 0. The highest BCUT2D eigenvalue weighted by Gasteiger charge is 2.29. The van der Waals surface area contributed by atoms with Gasteiger partial charge < -0.3 is 0 Å². The predicted octanol–water partition coefficient (Wildman–Crippen LogP) is 1.68. The second kappa shape index (κ2) is 6.18. The minimum absolute atomic E-state index is 0.0197. The minimum atomic E-state index is -3.33. The van der Waals surface area contributed by atoms with Crippen molar-refractivity contribution in [3.63, 3.8) is 0 Å². The number of nitrogens with zero attached hydrogens (tertiary/aromatic N) is 2. The molecule has 0 heterocycles. The molecule has 0 aliphatic rings. The van der Waals surface area contributed by atoms with Gasteiger partial charge >= 0.3 is 0 Å². The first-order valence-corrected chi connectivity index (χ1v) is 7.57. The highest BCUT2D eigenvalue weighted by Crippen LogP contribution is 2.13. The van der Waals surface area contributed by atoms with Gasteiger partial charge in [0.1, 0.15) is 0 Å².